The van der Waals surface area contributed by atoms with E-state index in [2.05, 4.69) is 13.8 Å². The molecule has 25 heavy (non-hydrogen) atoms. The van der Waals surface area contributed by atoms with Gasteiger partial charge in [-0.25, -0.2) is 0 Å². The number of rotatable bonds is 7. The molecular formula is C19H29NO4S. The SMILES string of the molecule is CC[C@@H](C)N(Cc1cccc(OS(C)(=O)=O)c1)C(=O)C1CCCCC1. The lowest BCUT2D eigenvalue weighted by atomic mass is 9.87. The zero-order valence-electron chi connectivity index (χ0n) is 15.4. The van der Waals surface area contributed by atoms with Gasteiger partial charge in [-0.15, -0.1) is 0 Å². The lowest BCUT2D eigenvalue weighted by Crippen LogP contribution is -2.42. The van der Waals surface area contributed by atoms with Gasteiger partial charge >= 0.3 is 10.1 Å². The summed E-state index contributed by atoms with van der Waals surface area (Å²) < 4.78 is 27.6. The summed E-state index contributed by atoms with van der Waals surface area (Å²) in [6.07, 6.45) is 7.34. The fourth-order valence-electron chi connectivity index (χ4n) is 3.32. The van der Waals surface area contributed by atoms with Crippen LogP contribution in [0.4, 0.5) is 0 Å². The zero-order chi connectivity index (χ0) is 18.4. The van der Waals surface area contributed by atoms with E-state index in [9.17, 15) is 13.2 Å². The molecule has 0 unspecified atom stereocenters. The first-order valence-electron chi connectivity index (χ1n) is 9.09. The summed E-state index contributed by atoms with van der Waals surface area (Å²) in [4.78, 5) is 15.0. The second kappa shape index (κ2) is 8.70. The van der Waals surface area contributed by atoms with Crippen LogP contribution < -0.4 is 4.18 Å². The highest BCUT2D eigenvalue weighted by Crippen LogP contribution is 2.27. The van der Waals surface area contributed by atoms with Crippen molar-refractivity contribution in [2.24, 2.45) is 5.92 Å². The molecule has 0 heterocycles. The number of benzene rings is 1. The topological polar surface area (TPSA) is 63.7 Å². The fourth-order valence-corrected chi connectivity index (χ4v) is 3.78. The molecule has 0 radical (unpaired) electrons. The van der Waals surface area contributed by atoms with Crippen LogP contribution in [0.3, 0.4) is 0 Å². The van der Waals surface area contributed by atoms with E-state index in [1.54, 1.807) is 18.2 Å². The Morgan fingerprint density at radius 3 is 2.56 bits per heavy atom. The van der Waals surface area contributed by atoms with Crippen molar-refractivity contribution in [2.45, 2.75) is 65.0 Å². The number of carbonyl (C=O) groups excluding carboxylic acids is 1. The third kappa shape index (κ3) is 6.03. The van der Waals surface area contributed by atoms with E-state index in [1.807, 2.05) is 11.0 Å². The zero-order valence-corrected chi connectivity index (χ0v) is 16.2. The van der Waals surface area contributed by atoms with Crippen molar-refractivity contribution in [3.8, 4) is 5.75 Å². The lowest BCUT2D eigenvalue weighted by Gasteiger charge is -2.33. The van der Waals surface area contributed by atoms with E-state index in [-0.39, 0.29) is 23.6 Å². The van der Waals surface area contributed by atoms with E-state index >= 15 is 0 Å². The molecule has 0 spiro atoms. The van der Waals surface area contributed by atoms with Crippen molar-refractivity contribution in [3.63, 3.8) is 0 Å². The maximum Gasteiger partial charge on any atom is 0.306 e. The molecule has 0 N–H and O–H groups in total. The van der Waals surface area contributed by atoms with Crippen LogP contribution in [0.15, 0.2) is 24.3 Å². The molecule has 1 atom stereocenters. The molecule has 5 nitrogen and oxygen atoms in total. The highest BCUT2D eigenvalue weighted by atomic mass is 32.2. The van der Waals surface area contributed by atoms with Crippen LogP contribution in [-0.4, -0.2) is 31.5 Å². The first-order valence-corrected chi connectivity index (χ1v) is 10.9. The summed E-state index contributed by atoms with van der Waals surface area (Å²) in [5.41, 5.74) is 0.880. The maximum atomic E-state index is 13.0. The average Bonchev–Trinajstić information content (AvgIpc) is 2.58. The van der Waals surface area contributed by atoms with E-state index in [1.165, 1.54) is 6.42 Å². The van der Waals surface area contributed by atoms with Crippen LogP contribution in [0.5, 0.6) is 5.75 Å². The minimum atomic E-state index is -3.56. The summed E-state index contributed by atoms with van der Waals surface area (Å²) in [6.45, 7) is 4.62. The Morgan fingerprint density at radius 2 is 1.96 bits per heavy atom. The Bertz CT molecular complexity index is 680. The largest absolute Gasteiger partial charge is 0.383 e. The predicted octanol–water partition coefficient (Wildman–Crippen LogP) is 3.73. The molecule has 6 heteroatoms. The van der Waals surface area contributed by atoms with Crippen LogP contribution in [0.1, 0.15) is 57.9 Å². The Labute approximate surface area is 151 Å². The van der Waals surface area contributed by atoms with Crippen LogP contribution in [0.25, 0.3) is 0 Å². The van der Waals surface area contributed by atoms with Crippen LogP contribution in [-0.2, 0) is 21.5 Å². The smallest absolute Gasteiger partial charge is 0.306 e. The molecule has 0 saturated heterocycles. The molecular weight excluding hydrogens is 338 g/mol. The van der Waals surface area contributed by atoms with Crippen molar-refractivity contribution in [1.29, 1.82) is 0 Å². The molecule has 1 aliphatic rings. The van der Waals surface area contributed by atoms with Crippen LogP contribution in [0, 0.1) is 5.92 Å². The third-order valence-electron chi connectivity index (χ3n) is 4.86. The normalized spacial score (nSPS) is 17.1. The number of hydrogen-bond acceptors (Lipinski definition) is 4. The average molecular weight is 368 g/mol. The molecule has 0 aromatic heterocycles. The second-order valence-corrected chi connectivity index (χ2v) is 8.57. The van der Waals surface area contributed by atoms with Crippen molar-refractivity contribution >= 4 is 16.0 Å². The van der Waals surface area contributed by atoms with Gasteiger partial charge in [-0.1, -0.05) is 38.3 Å². The van der Waals surface area contributed by atoms with Gasteiger partial charge in [0, 0.05) is 18.5 Å². The Balaban J connectivity index is 2.16. The lowest BCUT2D eigenvalue weighted by molar-refractivity contribution is -0.139. The van der Waals surface area contributed by atoms with Gasteiger partial charge in [0.05, 0.1) is 6.26 Å². The van der Waals surface area contributed by atoms with E-state index in [0.717, 1.165) is 43.9 Å². The minimum absolute atomic E-state index is 0.123. The number of carbonyl (C=O) groups is 1. The molecule has 1 aromatic carbocycles. The van der Waals surface area contributed by atoms with Crippen molar-refractivity contribution < 1.29 is 17.4 Å². The molecule has 0 bridgehead atoms. The summed E-state index contributed by atoms with van der Waals surface area (Å²) in [5.74, 6) is 0.635. The van der Waals surface area contributed by atoms with Gasteiger partial charge in [0.2, 0.25) is 5.91 Å². The van der Waals surface area contributed by atoms with Gasteiger partial charge in [-0.2, -0.15) is 8.42 Å². The van der Waals surface area contributed by atoms with E-state index in [4.69, 9.17) is 4.18 Å². The Morgan fingerprint density at radius 1 is 1.28 bits per heavy atom. The molecule has 1 aliphatic carbocycles. The quantitative estimate of drug-likeness (QED) is 0.689. The van der Waals surface area contributed by atoms with Gasteiger partial charge in [-0.3, -0.25) is 4.79 Å². The molecule has 140 valence electrons. The third-order valence-corrected chi connectivity index (χ3v) is 5.35. The maximum absolute atomic E-state index is 13.0. The van der Waals surface area contributed by atoms with E-state index in [0.29, 0.717) is 6.54 Å². The van der Waals surface area contributed by atoms with Gasteiger partial charge in [0.15, 0.2) is 0 Å². The summed E-state index contributed by atoms with van der Waals surface area (Å²) in [5, 5.41) is 0. The van der Waals surface area contributed by atoms with Gasteiger partial charge in [0.1, 0.15) is 5.75 Å². The van der Waals surface area contributed by atoms with Crippen molar-refractivity contribution in [2.75, 3.05) is 6.26 Å². The highest BCUT2D eigenvalue weighted by molar-refractivity contribution is 7.86. The highest BCUT2D eigenvalue weighted by Gasteiger charge is 2.28. The molecule has 1 saturated carbocycles. The van der Waals surface area contributed by atoms with E-state index < -0.39 is 10.1 Å². The predicted molar refractivity (Wildman–Crippen MR) is 98.8 cm³/mol. The van der Waals surface area contributed by atoms with Gasteiger partial charge < -0.3 is 9.08 Å². The molecule has 1 amide bonds. The minimum Gasteiger partial charge on any atom is -0.383 e. The number of nitrogens with zero attached hydrogens (tertiary/aromatic N) is 1. The number of hydrogen-bond donors (Lipinski definition) is 0. The molecule has 0 aliphatic heterocycles. The molecule has 2 rings (SSSR count). The first-order chi connectivity index (χ1) is 11.8. The second-order valence-electron chi connectivity index (χ2n) is 6.99. The Hall–Kier alpha value is -1.56. The monoisotopic (exact) mass is 367 g/mol. The molecule has 1 fully saturated rings. The Kier molecular flexibility index (Phi) is 6.87. The van der Waals surface area contributed by atoms with Crippen LogP contribution in [0.2, 0.25) is 0 Å². The standard InChI is InChI=1S/C19H29NO4S/c1-4-15(2)20(19(21)17-10-6-5-7-11-17)14-16-9-8-12-18(13-16)24-25(3,22)23/h8-9,12-13,15,17H,4-7,10-11,14H2,1-3H3/t15-/m1/s1. The summed E-state index contributed by atoms with van der Waals surface area (Å²) >= 11 is 0. The van der Waals surface area contributed by atoms with Crippen molar-refractivity contribution in [1.82, 2.24) is 4.90 Å². The molecule has 1 aromatic rings. The first kappa shape index (κ1) is 19.8. The van der Waals surface area contributed by atoms with Gasteiger partial charge in [-0.05, 0) is 43.9 Å². The summed E-state index contributed by atoms with van der Waals surface area (Å²) in [7, 11) is -3.56. The summed E-state index contributed by atoms with van der Waals surface area (Å²) in [6, 6.07) is 7.12. The van der Waals surface area contributed by atoms with Crippen LogP contribution >= 0.6 is 0 Å². The number of amides is 1. The van der Waals surface area contributed by atoms with Gasteiger partial charge in [0.25, 0.3) is 0 Å². The van der Waals surface area contributed by atoms with Crippen molar-refractivity contribution in [3.05, 3.63) is 29.8 Å². The fraction of sp³-hybridized carbons (Fsp3) is 0.632.